The van der Waals surface area contributed by atoms with Crippen molar-refractivity contribution in [2.24, 2.45) is 5.41 Å². The van der Waals surface area contributed by atoms with Crippen LogP contribution in [0.3, 0.4) is 0 Å². The fraction of sp³-hybridized carbons (Fsp3) is 0.576. The molecule has 63 heavy (non-hydrogen) atoms. The minimum Gasteiger partial charge on any atom is -0.790 e. The summed E-state index contributed by atoms with van der Waals surface area (Å²) < 4.78 is 61.2. The fourth-order valence-corrected chi connectivity index (χ4v) is 10.2. The molecule has 0 radical (unpaired) electrons. The van der Waals surface area contributed by atoms with E-state index >= 15 is 0 Å². The first kappa shape index (κ1) is 52.7. The Kier molecular flexibility index (Phi) is 18.8. The molecule has 2 aromatic heterocycles. The van der Waals surface area contributed by atoms with Crippen LogP contribution >= 0.6 is 47.0 Å². The van der Waals surface area contributed by atoms with Gasteiger partial charge in [-0.1, -0.05) is 55.9 Å². The standard InChI is InChI=1S/C33H50N7O18P3S2/c1-32(2,28(45)31(46)36-10-9-23(42)35-11-12-63-24(43)13-21(41)16-62-15-20-7-5-4-6-8-20)17-55-61(52,53)58-60(50,51)54-14-22-26(57-59(47,48)49)27(44)33(3,56-22)40-19-39-25-29(34)37-18-38-30(25)40/h4-8,18-19,21-22,26-28,41,44-45H,9-17H2,1-3H3,(H,35,42)(H,36,46)(H,50,51)(H,52,53)(H2,34,37,38)(H2,47,48,49)/p-4. The Morgan fingerprint density at radius 2 is 1.71 bits per heavy atom. The van der Waals surface area contributed by atoms with E-state index in [0.29, 0.717) is 11.5 Å². The number of nitrogens with two attached hydrogens (primary N) is 1. The van der Waals surface area contributed by atoms with Crippen molar-refractivity contribution in [3.05, 3.63) is 48.5 Å². The van der Waals surface area contributed by atoms with Gasteiger partial charge in [0.15, 0.2) is 22.3 Å². The number of aromatic nitrogens is 4. The second-order valence-corrected chi connectivity index (χ2v) is 20.9. The summed E-state index contributed by atoms with van der Waals surface area (Å²) in [6.45, 7) is 1.09. The van der Waals surface area contributed by atoms with Crippen LogP contribution in [0.1, 0.15) is 39.2 Å². The van der Waals surface area contributed by atoms with Crippen LogP contribution < -0.4 is 35.9 Å². The molecule has 0 bridgehead atoms. The summed E-state index contributed by atoms with van der Waals surface area (Å²) in [5.41, 5.74) is 3.09. The minimum absolute atomic E-state index is 0.0296. The fourth-order valence-electron chi connectivity index (χ4n) is 5.78. The van der Waals surface area contributed by atoms with Crippen LogP contribution in [0.5, 0.6) is 0 Å². The SMILES string of the molecule is CC(C)(COP(=O)([O-])OP(=O)([O-])OCC1OC(C)(n2cnc3c(N)ncnc32)C(O)C1OP(=O)([O-])[O-])C(O)C(=O)NCCC(=O)NCCSC(=O)CC(O)CSCc1ccccc1. The number of phosphoric ester groups is 3. The lowest BCUT2D eigenvalue weighted by Crippen LogP contribution is -2.46. The van der Waals surface area contributed by atoms with E-state index in [0.717, 1.165) is 34.5 Å². The van der Waals surface area contributed by atoms with E-state index in [1.54, 1.807) is 0 Å². The lowest BCUT2D eigenvalue weighted by Gasteiger charge is -2.36. The molecular weight excluding hydrogens is 939 g/mol. The molecule has 4 rings (SSSR count). The highest BCUT2D eigenvalue weighted by Gasteiger charge is 2.55. The van der Waals surface area contributed by atoms with Gasteiger partial charge in [-0.25, -0.2) is 19.3 Å². The first-order valence-corrected chi connectivity index (χ1v) is 25.2. The van der Waals surface area contributed by atoms with Gasteiger partial charge in [0.05, 0.1) is 33.5 Å². The van der Waals surface area contributed by atoms with Crippen molar-refractivity contribution in [1.29, 1.82) is 0 Å². The van der Waals surface area contributed by atoms with Crippen LogP contribution in [-0.2, 0) is 62.2 Å². The first-order valence-electron chi connectivity index (χ1n) is 18.6. The number of hydrogen-bond acceptors (Lipinski definition) is 24. The van der Waals surface area contributed by atoms with Gasteiger partial charge in [-0.15, -0.1) is 0 Å². The first-order chi connectivity index (χ1) is 29.3. The molecule has 0 saturated carbocycles. The van der Waals surface area contributed by atoms with Gasteiger partial charge in [0.2, 0.25) is 11.8 Å². The van der Waals surface area contributed by atoms with Crippen LogP contribution in [-0.4, -0.2) is 120 Å². The number of nitrogen functional groups attached to an aromatic ring is 1. The highest BCUT2D eigenvalue weighted by molar-refractivity contribution is 8.13. The van der Waals surface area contributed by atoms with Gasteiger partial charge >= 0.3 is 0 Å². The van der Waals surface area contributed by atoms with E-state index < -0.39 is 90.2 Å². The number of ether oxygens (including phenoxy) is 1. The molecule has 1 fully saturated rings. The molecule has 8 unspecified atom stereocenters. The third-order valence-electron chi connectivity index (χ3n) is 9.05. The normalized spacial score (nSPS) is 22.2. The third kappa shape index (κ3) is 15.9. The predicted molar refractivity (Wildman–Crippen MR) is 216 cm³/mol. The van der Waals surface area contributed by atoms with E-state index in [1.165, 1.54) is 32.5 Å². The molecule has 1 saturated heterocycles. The van der Waals surface area contributed by atoms with Crippen LogP contribution in [0.4, 0.5) is 5.82 Å². The Balaban J connectivity index is 1.18. The number of hydrogen-bond donors (Lipinski definition) is 6. The van der Waals surface area contributed by atoms with Crippen LogP contribution in [0, 0.1) is 5.41 Å². The van der Waals surface area contributed by atoms with E-state index in [1.807, 2.05) is 30.3 Å². The number of amides is 2. The number of aliphatic hydroxyl groups is 3. The Morgan fingerprint density at radius 1 is 1.03 bits per heavy atom. The maximum Gasteiger partial charge on any atom is 0.274 e. The lowest BCUT2D eigenvalue weighted by molar-refractivity contribution is -0.347. The number of carbonyl (C=O) groups excluding carboxylic acids is 3. The summed E-state index contributed by atoms with van der Waals surface area (Å²) >= 11 is 2.45. The molecule has 3 aromatic rings. The molecule has 8 atom stereocenters. The topological polar surface area (TPSA) is 395 Å². The van der Waals surface area contributed by atoms with E-state index in [9.17, 15) is 63.0 Å². The molecule has 1 aliphatic heterocycles. The number of nitrogens with one attached hydrogen (secondary N) is 2. The molecule has 0 spiro atoms. The van der Waals surface area contributed by atoms with E-state index in [4.69, 9.17) is 10.5 Å². The summed E-state index contributed by atoms with van der Waals surface area (Å²) in [6.07, 6.45) is -7.05. The average molecular weight is 986 g/mol. The van der Waals surface area contributed by atoms with Crippen LogP contribution in [0.15, 0.2) is 43.0 Å². The quantitative estimate of drug-likeness (QED) is 0.0395. The molecule has 1 aliphatic rings. The van der Waals surface area contributed by atoms with Gasteiger partial charge < -0.3 is 74.1 Å². The van der Waals surface area contributed by atoms with E-state index in [2.05, 4.69) is 43.5 Å². The van der Waals surface area contributed by atoms with Crippen molar-refractivity contribution in [2.75, 3.05) is 43.5 Å². The number of benzene rings is 1. The second kappa shape index (κ2) is 22.5. The monoisotopic (exact) mass is 985 g/mol. The molecule has 0 aliphatic carbocycles. The van der Waals surface area contributed by atoms with Crippen molar-refractivity contribution in [2.45, 2.75) is 75.6 Å². The largest absolute Gasteiger partial charge is 0.790 e. The molecule has 25 nitrogen and oxygen atoms in total. The van der Waals surface area contributed by atoms with Crippen molar-refractivity contribution in [3.63, 3.8) is 0 Å². The smallest absolute Gasteiger partial charge is 0.274 e. The Labute approximate surface area is 368 Å². The molecule has 30 heteroatoms. The summed E-state index contributed by atoms with van der Waals surface area (Å²) in [5, 5.41) is 36.4. The zero-order chi connectivity index (χ0) is 46.8. The second-order valence-electron chi connectivity index (χ2n) is 14.6. The number of imidazole rings is 1. The number of anilines is 1. The number of carbonyl (C=O) groups is 3. The number of aliphatic hydroxyl groups excluding tert-OH is 3. The highest BCUT2D eigenvalue weighted by atomic mass is 32.2. The predicted octanol–water partition coefficient (Wildman–Crippen LogP) is -2.00. The van der Waals surface area contributed by atoms with Gasteiger partial charge in [0, 0.05) is 48.6 Å². The Hall–Kier alpha value is -2.91. The van der Waals surface area contributed by atoms with Crippen LogP contribution in [0.25, 0.3) is 11.2 Å². The number of fused-ring (bicyclic) bond motifs is 1. The molecule has 352 valence electrons. The van der Waals surface area contributed by atoms with Gasteiger partial charge in [0.1, 0.15) is 36.3 Å². The number of nitrogens with zero attached hydrogens (tertiary/aromatic N) is 4. The number of rotatable bonds is 25. The molecule has 2 amide bonds. The highest BCUT2D eigenvalue weighted by Crippen LogP contribution is 2.56. The van der Waals surface area contributed by atoms with Crippen LogP contribution in [0.2, 0.25) is 0 Å². The molecule has 3 heterocycles. The van der Waals surface area contributed by atoms with E-state index in [-0.39, 0.29) is 53.8 Å². The molecule has 7 N–H and O–H groups in total. The average Bonchev–Trinajstić information content (AvgIpc) is 3.74. The molecular formula is C33H46N7O18P3S2-4. The van der Waals surface area contributed by atoms with Crippen molar-refractivity contribution in [1.82, 2.24) is 30.2 Å². The number of phosphoric acid groups is 3. The van der Waals surface area contributed by atoms with Gasteiger partial charge in [-0.3, -0.25) is 28.1 Å². The van der Waals surface area contributed by atoms with Crippen molar-refractivity contribution in [3.8, 4) is 0 Å². The number of thioether (sulfide) groups is 2. The maximum atomic E-state index is 12.6. The zero-order valence-corrected chi connectivity index (χ0v) is 38.1. The van der Waals surface area contributed by atoms with Gasteiger partial charge in [-0.2, -0.15) is 11.8 Å². The Morgan fingerprint density at radius 3 is 2.40 bits per heavy atom. The van der Waals surface area contributed by atoms with Gasteiger partial charge in [0.25, 0.3) is 15.6 Å². The minimum atomic E-state index is -5.95. The summed E-state index contributed by atoms with van der Waals surface area (Å²) in [6, 6.07) is 9.67. The lowest BCUT2D eigenvalue weighted by atomic mass is 9.87. The van der Waals surface area contributed by atoms with Crippen molar-refractivity contribution >= 4 is 80.9 Å². The third-order valence-corrected chi connectivity index (χ3v) is 14.1. The summed E-state index contributed by atoms with van der Waals surface area (Å²) in [4.78, 5) is 97.0. The maximum absolute atomic E-state index is 12.6. The Bertz CT molecular complexity index is 2190. The summed E-state index contributed by atoms with van der Waals surface area (Å²) in [5.74, 6) is -0.314. The van der Waals surface area contributed by atoms with Crippen molar-refractivity contribution < 1.29 is 85.6 Å². The molecule has 1 aromatic carbocycles. The zero-order valence-electron chi connectivity index (χ0n) is 33.8. The summed E-state index contributed by atoms with van der Waals surface area (Å²) in [7, 11) is -17.7. The van der Waals surface area contributed by atoms with Gasteiger partial charge in [-0.05, 0) is 12.5 Å².